The Balaban J connectivity index is 1.88. The fourth-order valence-corrected chi connectivity index (χ4v) is 1.86. The summed E-state index contributed by atoms with van der Waals surface area (Å²) in [5.74, 6) is 0.454. The Morgan fingerprint density at radius 1 is 1.28 bits per heavy atom. The number of aliphatic hydroxyl groups is 1. The van der Waals surface area contributed by atoms with Crippen molar-refractivity contribution in [1.29, 1.82) is 0 Å². The number of nitrogens with zero attached hydrogens (tertiary/aromatic N) is 2. The molecule has 0 aliphatic carbocycles. The summed E-state index contributed by atoms with van der Waals surface area (Å²) in [6.07, 6.45) is 7.40. The molecule has 0 saturated heterocycles. The van der Waals surface area contributed by atoms with Crippen molar-refractivity contribution in [3.05, 3.63) is 24.3 Å². The topological polar surface area (TPSA) is 78.9 Å². The van der Waals surface area contributed by atoms with Gasteiger partial charge in [0.2, 0.25) is 0 Å². The third kappa shape index (κ3) is 3.13. The number of aromatic amines is 1. The number of H-pyrrole nitrogens is 1. The highest BCUT2D eigenvalue weighted by molar-refractivity contribution is 5.95. The molecule has 5 nitrogen and oxygen atoms in total. The number of pyridine rings is 1. The number of Topliss-reactive ketones (excluding diaryl/α,β-unsaturated/α-hetero) is 1. The van der Waals surface area contributed by atoms with Gasteiger partial charge in [0.15, 0.2) is 11.6 Å². The fraction of sp³-hybridized carbons (Fsp3) is 0.462. The molecule has 2 aromatic rings. The lowest BCUT2D eigenvalue weighted by atomic mass is 10.1. The predicted molar refractivity (Wildman–Crippen MR) is 68.4 cm³/mol. The van der Waals surface area contributed by atoms with Crippen molar-refractivity contribution in [3.63, 3.8) is 0 Å². The summed E-state index contributed by atoms with van der Waals surface area (Å²) in [5, 5.41) is 8.65. The zero-order valence-corrected chi connectivity index (χ0v) is 10.2. The molecular weight excluding hydrogens is 230 g/mol. The van der Waals surface area contributed by atoms with Crippen LogP contribution in [0.5, 0.6) is 0 Å². The number of aromatic nitrogens is 3. The number of imidazole rings is 1. The van der Waals surface area contributed by atoms with E-state index in [1.807, 2.05) is 0 Å². The van der Waals surface area contributed by atoms with Crippen LogP contribution in [0.2, 0.25) is 0 Å². The molecule has 0 aliphatic rings. The number of carbonyl (C=O) groups excluding carboxylic acids is 1. The van der Waals surface area contributed by atoms with Gasteiger partial charge in [0, 0.05) is 19.2 Å². The first-order valence-electron chi connectivity index (χ1n) is 6.25. The quantitative estimate of drug-likeness (QED) is 0.580. The van der Waals surface area contributed by atoms with Crippen LogP contribution >= 0.6 is 0 Å². The second kappa shape index (κ2) is 6.26. The zero-order valence-electron chi connectivity index (χ0n) is 10.2. The van der Waals surface area contributed by atoms with Crippen LogP contribution in [0.3, 0.4) is 0 Å². The maximum absolute atomic E-state index is 11.9. The summed E-state index contributed by atoms with van der Waals surface area (Å²) in [7, 11) is 0. The monoisotopic (exact) mass is 247 g/mol. The van der Waals surface area contributed by atoms with E-state index < -0.39 is 0 Å². The summed E-state index contributed by atoms with van der Waals surface area (Å²) >= 11 is 0. The molecule has 2 N–H and O–H groups in total. The van der Waals surface area contributed by atoms with Crippen LogP contribution in [0.4, 0.5) is 0 Å². The number of unbranched alkanes of at least 4 members (excludes halogenated alkanes) is 3. The van der Waals surface area contributed by atoms with E-state index in [4.69, 9.17) is 5.11 Å². The molecule has 0 spiro atoms. The van der Waals surface area contributed by atoms with Gasteiger partial charge in [-0.1, -0.05) is 12.8 Å². The van der Waals surface area contributed by atoms with Gasteiger partial charge in [-0.3, -0.25) is 9.78 Å². The molecule has 18 heavy (non-hydrogen) atoms. The molecule has 2 rings (SSSR count). The Labute approximate surface area is 105 Å². The minimum absolute atomic E-state index is 0.0372. The number of aliphatic hydroxyl groups excluding tert-OH is 1. The van der Waals surface area contributed by atoms with E-state index in [2.05, 4.69) is 15.0 Å². The maximum Gasteiger partial charge on any atom is 0.198 e. The molecule has 96 valence electrons. The van der Waals surface area contributed by atoms with Crippen LogP contribution in [-0.4, -0.2) is 32.4 Å². The lowest BCUT2D eigenvalue weighted by Gasteiger charge is -1.98. The second-order valence-electron chi connectivity index (χ2n) is 4.29. The molecule has 0 aliphatic heterocycles. The van der Waals surface area contributed by atoms with Gasteiger partial charge in [0.05, 0.1) is 11.7 Å². The van der Waals surface area contributed by atoms with Crippen molar-refractivity contribution in [2.45, 2.75) is 32.1 Å². The Morgan fingerprint density at radius 2 is 2.11 bits per heavy atom. The SMILES string of the molecule is O=C(CCCCCCO)c1nc2cnccc2[nH]1. The summed E-state index contributed by atoms with van der Waals surface area (Å²) in [5.41, 5.74) is 1.56. The van der Waals surface area contributed by atoms with Crippen LogP contribution in [0, 0.1) is 0 Å². The van der Waals surface area contributed by atoms with E-state index in [0.717, 1.165) is 36.7 Å². The largest absolute Gasteiger partial charge is 0.396 e. The molecule has 2 heterocycles. The van der Waals surface area contributed by atoms with Crippen molar-refractivity contribution in [1.82, 2.24) is 15.0 Å². The van der Waals surface area contributed by atoms with Gasteiger partial charge in [-0.05, 0) is 18.9 Å². The third-order valence-corrected chi connectivity index (χ3v) is 2.86. The highest BCUT2D eigenvalue weighted by Gasteiger charge is 2.10. The van der Waals surface area contributed by atoms with Crippen LogP contribution in [0.15, 0.2) is 18.5 Å². The smallest absolute Gasteiger partial charge is 0.198 e. The second-order valence-corrected chi connectivity index (χ2v) is 4.29. The minimum Gasteiger partial charge on any atom is -0.396 e. The summed E-state index contributed by atoms with van der Waals surface area (Å²) in [6, 6.07) is 1.81. The molecule has 5 heteroatoms. The van der Waals surface area contributed by atoms with E-state index >= 15 is 0 Å². The van der Waals surface area contributed by atoms with Crippen molar-refractivity contribution in [3.8, 4) is 0 Å². The standard InChI is InChI=1S/C13H17N3O2/c17-8-4-2-1-3-5-12(18)13-15-10-6-7-14-9-11(10)16-13/h6-7,9,17H,1-5,8H2,(H,15,16). The number of rotatable bonds is 7. The molecule has 0 bridgehead atoms. The van der Waals surface area contributed by atoms with Crippen molar-refractivity contribution < 1.29 is 9.90 Å². The average Bonchev–Trinajstić information content (AvgIpc) is 2.82. The third-order valence-electron chi connectivity index (χ3n) is 2.86. The molecule has 0 aromatic carbocycles. The summed E-state index contributed by atoms with van der Waals surface area (Å²) in [6.45, 7) is 0.227. The van der Waals surface area contributed by atoms with Gasteiger partial charge in [0.25, 0.3) is 0 Å². The van der Waals surface area contributed by atoms with Crippen LogP contribution in [0.1, 0.15) is 42.7 Å². The number of nitrogens with one attached hydrogen (secondary N) is 1. The van der Waals surface area contributed by atoms with Gasteiger partial charge >= 0.3 is 0 Å². The van der Waals surface area contributed by atoms with E-state index in [9.17, 15) is 4.79 Å². The molecule has 0 radical (unpaired) electrons. The first kappa shape index (κ1) is 12.7. The molecule has 2 aromatic heterocycles. The predicted octanol–water partition coefficient (Wildman–Crippen LogP) is 2.08. The van der Waals surface area contributed by atoms with Gasteiger partial charge < -0.3 is 10.1 Å². The number of hydrogen-bond acceptors (Lipinski definition) is 4. The lowest BCUT2D eigenvalue weighted by Crippen LogP contribution is -2.01. The highest BCUT2D eigenvalue weighted by Crippen LogP contribution is 2.12. The molecule has 0 atom stereocenters. The molecule has 0 amide bonds. The normalized spacial score (nSPS) is 10.9. The van der Waals surface area contributed by atoms with E-state index in [1.165, 1.54) is 0 Å². The van der Waals surface area contributed by atoms with Crippen LogP contribution in [0.25, 0.3) is 11.0 Å². The van der Waals surface area contributed by atoms with Crippen molar-refractivity contribution in [2.75, 3.05) is 6.61 Å². The minimum atomic E-state index is 0.0372. The molecule has 0 fully saturated rings. The Bertz CT molecular complexity index is 489. The van der Waals surface area contributed by atoms with E-state index in [1.54, 1.807) is 18.5 Å². The van der Waals surface area contributed by atoms with Gasteiger partial charge in [-0.25, -0.2) is 4.98 Å². The van der Waals surface area contributed by atoms with E-state index in [-0.39, 0.29) is 12.4 Å². The van der Waals surface area contributed by atoms with Crippen molar-refractivity contribution in [2.24, 2.45) is 0 Å². The van der Waals surface area contributed by atoms with Crippen LogP contribution < -0.4 is 0 Å². The Morgan fingerprint density at radius 3 is 2.89 bits per heavy atom. The number of hydrogen-bond donors (Lipinski definition) is 2. The van der Waals surface area contributed by atoms with Crippen molar-refractivity contribution >= 4 is 16.8 Å². The van der Waals surface area contributed by atoms with Gasteiger partial charge in [-0.2, -0.15) is 0 Å². The zero-order chi connectivity index (χ0) is 12.8. The fourth-order valence-electron chi connectivity index (χ4n) is 1.86. The summed E-state index contributed by atoms with van der Waals surface area (Å²) < 4.78 is 0. The number of fused-ring (bicyclic) bond motifs is 1. The maximum atomic E-state index is 11.9. The van der Waals surface area contributed by atoms with Gasteiger partial charge in [0.1, 0.15) is 5.52 Å². The molecule has 0 saturated carbocycles. The Hall–Kier alpha value is -1.75. The van der Waals surface area contributed by atoms with E-state index in [0.29, 0.717) is 12.2 Å². The Kier molecular flexibility index (Phi) is 4.41. The average molecular weight is 247 g/mol. The molecular formula is C13H17N3O2. The first-order valence-corrected chi connectivity index (χ1v) is 6.25. The number of ketones is 1. The highest BCUT2D eigenvalue weighted by atomic mass is 16.2. The number of carbonyl (C=O) groups is 1. The van der Waals surface area contributed by atoms with Crippen LogP contribution in [-0.2, 0) is 0 Å². The van der Waals surface area contributed by atoms with Gasteiger partial charge in [-0.15, -0.1) is 0 Å². The molecule has 0 unspecified atom stereocenters. The first-order chi connectivity index (χ1) is 8.81. The summed E-state index contributed by atoms with van der Waals surface area (Å²) in [4.78, 5) is 23.1. The lowest BCUT2D eigenvalue weighted by molar-refractivity contribution is 0.0970.